The first-order chi connectivity index (χ1) is 13.7. The van der Waals surface area contributed by atoms with Crippen LogP contribution in [-0.2, 0) is 11.4 Å². The van der Waals surface area contributed by atoms with Gasteiger partial charge in [0.2, 0.25) is 5.91 Å². The number of methoxy groups -OCH3 is 2. The van der Waals surface area contributed by atoms with Gasteiger partial charge in [-0.3, -0.25) is 4.79 Å². The summed E-state index contributed by atoms with van der Waals surface area (Å²) in [6.45, 7) is 0.124. The van der Waals surface area contributed by atoms with Crippen molar-refractivity contribution in [3.63, 3.8) is 0 Å². The molecule has 0 fully saturated rings. The average molecular weight is 401 g/mol. The van der Waals surface area contributed by atoms with Gasteiger partial charge in [-0.1, -0.05) is 17.8 Å². The predicted molar refractivity (Wildman–Crippen MR) is 104 cm³/mol. The average Bonchev–Trinajstić information content (AvgIpc) is 3.19. The third-order valence-electron chi connectivity index (χ3n) is 3.55. The number of hydrogen-bond acceptors (Lipinski definition) is 8. The highest BCUT2D eigenvalue weighted by molar-refractivity contribution is 7.99. The fourth-order valence-corrected chi connectivity index (χ4v) is 2.77. The van der Waals surface area contributed by atoms with Crippen LogP contribution >= 0.6 is 11.8 Å². The van der Waals surface area contributed by atoms with E-state index in [0.29, 0.717) is 28.3 Å². The molecule has 0 bridgehead atoms. The first-order valence-corrected chi connectivity index (χ1v) is 9.31. The zero-order chi connectivity index (χ0) is 19.8. The number of hydrogen-bond donors (Lipinski definition) is 1. The molecular formula is C19H19N3O5S. The van der Waals surface area contributed by atoms with E-state index < -0.39 is 0 Å². The number of amides is 1. The van der Waals surface area contributed by atoms with Gasteiger partial charge in [0.1, 0.15) is 17.2 Å². The van der Waals surface area contributed by atoms with E-state index in [4.69, 9.17) is 18.6 Å². The van der Waals surface area contributed by atoms with Crippen molar-refractivity contribution in [3.05, 3.63) is 54.4 Å². The molecule has 1 N–H and O–H groups in total. The largest absolute Gasteiger partial charge is 0.497 e. The van der Waals surface area contributed by atoms with Gasteiger partial charge < -0.3 is 23.9 Å². The minimum atomic E-state index is -0.178. The van der Waals surface area contributed by atoms with Crippen molar-refractivity contribution in [1.82, 2.24) is 10.2 Å². The number of aromatic nitrogens is 2. The van der Waals surface area contributed by atoms with E-state index in [9.17, 15) is 4.79 Å². The van der Waals surface area contributed by atoms with Gasteiger partial charge in [-0.25, -0.2) is 0 Å². The van der Waals surface area contributed by atoms with E-state index >= 15 is 0 Å². The van der Waals surface area contributed by atoms with Gasteiger partial charge >= 0.3 is 0 Å². The van der Waals surface area contributed by atoms with Gasteiger partial charge in [-0.2, -0.15) is 0 Å². The second-order valence-electron chi connectivity index (χ2n) is 5.49. The Morgan fingerprint density at radius 1 is 1.04 bits per heavy atom. The normalized spacial score (nSPS) is 10.4. The number of ether oxygens (including phenoxy) is 3. The Bertz CT molecular complexity index is 914. The minimum absolute atomic E-state index is 0.124. The highest BCUT2D eigenvalue weighted by Gasteiger charge is 2.11. The molecule has 1 heterocycles. The summed E-state index contributed by atoms with van der Waals surface area (Å²) in [7, 11) is 3.18. The third kappa shape index (κ3) is 5.65. The molecule has 9 heteroatoms. The van der Waals surface area contributed by atoms with Crippen molar-refractivity contribution in [2.24, 2.45) is 0 Å². The Kier molecular flexibility index (Phi) is 6.74. The predicted octanol–water partition coefficient (Wildman–Crippen LogP) is 3.40. The van der Waals surface area contributed by atoms with Crippen LogP contribution in [0.1, 0.15) is 5.89 Å². The molecule has 3 rings (SSSR count). The van der Waals surface area contributed by atoms with E-state index in [1.54, 1.807) is 50.6 Å². The van der Waals surface area contributed by atoms with Crippen LogP contribution < -0.4 is 19.5 Å². The second-order valence-corrected chi connectivity index (χ2v) is 6.42. The summed E-state index contributed by atoms with van der Waals surface area (Å²) >= 11 is 1.15. The molecule has 146 valence electrons. The van der Waals surface area contributed by atoms with Crippen molar-refractivity contribution < 1.29 is 23.4 Å². The van der Waals surface area contributed by atoms with E-state index in [2.05, 4.69) is 15.5 Å². The molecule has 0 saturated carbocycles. The molecule has 8 nitrogen and oxygen atoms in total. The fourth-order valence-electron chi connectivity index (χ4n) is 2.19. The molecule has 28 heavy (non-hydrogen) atoms. The summed E-state index contributed by atoms with van der Waals surface area (Å²) in [5.41, 5.74) is 0.685. The summed E-state index contributed by atoms with van der Waals surface area (Å²) in [6.07, 6.45) is 0. The highest BCUT2D eigenvalue weighted by atomic mass is 32.2. The molecule has 0 aliphatic heterocycles. The Labute approximate surface area is 166 Å². The van der Waals surface area contributed by atoms with Gasteiger partial charge in [-0.15, -0.1) is 10.2 Å². The van der Waals surface area contributed by atoms with Crippen molar-refractivity contribution in [3.8, 4) is 17.2 Å². The topological polar surface area (TPSA) is 95.7 Å². The van der Waals surface area contributed by atoms with Crippen LogP contribution in [0, 0.1) is 0 Å². The minimum Gasteiger partial charge on any atom is -0.497 e. The summed E-state index contributed by atoms with van der Waals surface area (Å²) < 4.78 is 21.3. The number of rotatable bonds is 9. The lowest BCUT2D eigenvalue weighted by Crippen LogP contribution is -2.13. The fraction of sp³-hybridized carbons (Fsp3) is 0.211. The molecule has 1 aromatic heterocycles. The van der Waals surface area contributed by atoms with Gasteiger partial charge in [0, 0.05) is 11.8 Å². The molecule has 0 spiro atoms. The highest BCUT2D eigenvalue weighted by Crippen LogP contribution is 2.21. The van der Waals surface area contributed by atoms with Crippen molar-refractivity contribution >= 4 is 23.4 Å². The number of nitrogens with one attached hydrogen (secondary N) is 1. The molecule has 0 aliphatic carbocycles. The molecule has 2 aromatic carbocycles. The zero-order valence-corrected chi connectivity index (χ0v) is 16.2. The summed E-state index contributed by atoms with van der Waals surface area (Å²) in [5.74, 6) is 2.34. The van der Waals surface area contributed by atoms with Crippen LogP contribution in [0.15, 0.2) is 58.2 Å². The maximum atomic E-state index is 12.0. The quantitative estimate of drug-likeness (QED) is 0.545. The number of thioether (sulfide) groups is 1. The molecule has 1 amide bonds. The molecular weight excluding hydrogens is 382 g/mol. The van der Waals surface area contributed by atoms with E-state index in [-0.39, 0.29) is 18.3 Å². The van der Waals surface area contributed by atoms with Crippen molar-refractivity contribution in [1.29, 1.82) is 0 Å². The molecule has 0 saturated heterocycles. The van der Waals surface area contributed by atoms with Crippen molar-refractivity contribution in [2.75, 3.05) is 25.3 Å². The standard InChI is InChI=1S/C19H19N3O5S/c1-24-14-8-6-13(7-9-14)20-17(23)12-28-19-22-21-18(27-19)11-26-16-5-3-4-15(10-16)25-2/h3-10H,11-12H2,1-2H3,(H,20,23). The molecule has 0 unspecified atom stereocenters. The Hall–Kier alpha value is -3.20. The number of nitrogens with zero attached hydrogens (tertiary/aromatic N) is 2. The summed E-state index contributed by atoms with van der Waals surface area (Å²) in [5, 5.41) is 10.9. The first-order valence-electron chi connectivity index (χ1n) is 8.32. The number of benzene rings is 2. The summed E-state index contributed by atoms with van der Waals surface area (Å²) in [4.78, 5) is 12.0. The smallest absolute Gasteiger partial charge is 0.277 e. The maximum Gasteiger partial charge on any atom is 0.277 e. The first kappa shape index (κ1) is 19.6. The van der Waals surface area contributed by atoms with Crippen molar-refractivity contribution in [2.45, 2.75) is 11.8 Å². The number of carbonyl (C=O) groups is 1. The zero-order valence-electron chi connectivity index (χ0n) is 15.4. The van der Waals surface area contributed by atoms with Gasteiger partial charge in [-0.05, 0) is 36.4 Å². The SMILES string of the molecule is COc1ccc(NC(=O)CSc2nnc(COc3cccc(OC)c3)o2)cc1. The van der Waals surface area contributed by atoms with Crippen LogP contribution in [0.4, 0.5) is 5.69 Å². The lowest BCUT2D eigenvalue weighted by Gasteiger charge is -2.05. The molecule has 3 aromatic rings. The number of anilines is 1. The lowest BCUT2D eigenvalue weighted by molar-refractivity contribution is -0.113. The Balaban J connectivity index is 1.45. The molecule has 0 atom stereocenters. The van der Waals surface area contributed by atoms with E-state index in [1.165, 1.54) is 0 Å². The van der Waals surface area contributed by atoms with E-state index in [0.717, 1.165) is 17.5 Å². The Morgan fingerprint density at radius 2 is 1.79 bits per heavy atom. The van der Waals surface area contributed by atoms with Crippen LogP contribution in [0.3, 0.4) is 0 Å². The lowest BCUT2D eigenvalue weighted by atomic mass is 10.3. The van der Waals surface area contributed by atoms with Crippen LogP contribution in [0.5, 0.6) is 17.2 Å². The third-order valence-corrected chi connectivity index (χ3v) is 4.37. The Morgan fingerprint density at radius 3 is 2.54 bits per heavy atom. The van der Waals surface area contributed by atoms with Crippen LogP contribution in [-0.4, -0.2) is 36.1 Å². The van der Waals surface area contributed by atoms with Gasteiger partial charge in [0.15, 0.2) is 6.61 Å². The van der Waals surface area contributed by atoms with Crippen LogP contribution in [0.25, 0.3) is 0 Å². The van der Waals surface area contributed by atoms with Gasteiger partial charge in [0.25, 0.3) is 11.1 Å². The molecule has 0 radical (unpaired) electrons. The van der Waals surface area contributed by atoms with Gasteiger partial charge in [0.05, 0.1) is 20.0 Å². The molecule has 0 aliphatic rings. The maximum absolute atomic E-state index is 12.0. The van der Waals surface area contributed by atoms with E-state index in [1.807, 2.05) is 12.1 Å². The van der Waals surface area contributed by atoms with Crippen LogP contribution in [0.2, 0.25) is 0 Å². The second kappa shape index (κ2) is 9.65. The summed E-state index contributed by atoms with van der Waals surface area (Å²) in [6, 6.07) is 14.3. The number of carbonyl (C=O) groups excluding carboxylic acids is 1. The monoisotopic (exact) mass is 401 g/mol.